The van der Waals surface area contributed by atoms with Crippen LogP contribution in [-0.2, 0) is 22.6 Å². The van der Waals surface area contributed by atoms with E-state index in [0.717, 1.165) is 70.0 Å². The summed E-state index contributed by atoms with van der Waals surface area (Å²) in [6, 6.07) is 11.6. The lowest BCUT2D eigenvalue weighted by Crippen LogP contribution is -2.49. The summed E-state index contributed by atoms with van der Waals surface area (Å²) in [7, 11) is 0. The average molecular weight is 591 g/mol. The van der Waals surface area contributed by atoms with Gasteiger partial charge in [0.2, 0.25) is 11.8 Å². The van der Waals surface area contributed by atoms with Crippen LogP contribution in [0.25, 0.3) is 0 Å². The minimum atomic E-state index is -0.430. The maximum atomic E-state index is 13.5. The smallest absolute Gasteiger partial charge is 0.263 e. The molecular formula is C34H46N4O5. The molecule has 0 radical (unpaired) electrons. The van der Waals surface area contributed by atoms with Gasteiger partial charge in [-0.2, -0.15) is 0 Å². The van der Waals surface area contributed by atoms with Crippen molar-refractivity contribution in [2.24, 2.45) is 5.41 Å². The maximum Gasteiger partial charge on any atom is 0.263 e. The van der Waals surface area contributed by atoms with E-state index in [9.17, 15) is 19.2 Å². The lowest BCUT2D eigenvalue weighted by molar-refractivity contribution is -0.123. The lowest BCUT2D eigenvalue weighted by atomic mass is 9.74. The number of aryl methyl sites for hydroxylation is 1. The number of para-hydroxylation sites is 1. The summed E-state index contributed by atoms with van der Waals surface area (Å²) in [5.41, 5.74) is 0.796. The number of aromatic nitrogens is 1. The van der Waals surface area contributed by atoms with Crippen LogP contribution in [0, 0.1) is 5.41 Å². The molecule has 9 nitrogen and oxygen atoms in total. The van der Waals surface area contributed by atoms with Crippen LogP contribution in [0.3, 0.4) is 0 Å². The fraction of sp³-hybridized carbons (Fsp3) is 0.588. The van der Waals surface area contributed by atoms with E-state index in [1.807, 2.05) is 18.2 Å². The molecule has 3 aliphatic rings. The second kappa shape index (κ2) is 14.7. The number of hydrogen-bond donors (Lipinski definition) is 2. The van der Waals surface area contributed by atoms with Crippen molar-refractivity contribution < 1.29 is 19.1 Å². The number of carbonyl (C=O) groups excluding carboxylic acids is 3. The molecule has 2 N–H and O–H groups in total. The van der Waals surface area contributed by atoms with Gasteiger partial charge in [-0.15, -0.1) is 0 Å². The van der Waals surface area contributed by atoms with Gasteiger partial charge in [-0.05, 0) is 80.5 Å². The number of rotatable bonds is 4. The van der Waals surface area contributed by atoms with Crippen molar-refractivity contribution in [3.8, 4) is 5.75 Å². The Balaban J connectivity index is 1.20. The van der Waals surface area contributed by atoms with Crippen molar-refractivity contribution in [1.29, 1.82) is 0 Å². The molecule has 2 aromatic rings. The summed E-state index contributed by atoms with van der Waals surface area (Å²) in [6.45, 7) is 2.08. The Morgan fingerprint density at radius 1 is 0.907 bits per heavy atom. The zero-order valence-electron chi connectivity index (χ0n) is 25.3. The summed E-state index contributed by atoms with van der Waals surface area (Å²) in [5, 5.41) is 6.22. The Hall–Kier alpha value is -3.62. The third-order valence-corrected chi connectivity index (χ3v) is 9.49. The molecule has 0 bridgehead atoms. The number of benzene rings is 1. The van der Waals surface area contributed by atoms with Crippen molar-refractivity contribution in [3.05, 3.63) is 64.1 Å². The second-order valence-corrected chi connectivity index (χ2v) is 12.6. The van der Waals surface area contributed by atoms with E-state index in [0.29, 0.717) is 39.1 Å². The number of carbonyl (C=O) groups is 3. The van der Waals surface area contributed by atoms with E-state index >= 15 is 0 Å². The Kier molecular flexibility index (Phi) is 10.5. The molecular weight excluding hydrogens is 544 g/mol. The standard InChI is InChI=1S/C34H46N4O5/c39-30-16-9-23-43-29-15-5-4-10-26(29)11-6-7-17-34(25-35-30)18-21-37(22-19-34)32(41)28-14-8-20-38(33(28)42)24-31(40)36-27-12-2-1-3-13-27/h4-5,8,10,14-15,20,27H,1-3,6-7,9,11-13,16-19,21-25H2,(H,35,39)(H,36,40). The number of pyridine rings is 1. The summed E-state index contributed by atoms with van der Waals surface area (Å²) in [6.07, 6.45) is 13.5. The molecule has 1 spiro atoms. The molecule has 3 amide bonds. The normalized spacial score (nSPS) is 20.3. The Labute approximate surface area is 254 Å². The summed E-state index contributed by atoms with van der Waals surface area (Å²) >= 11 is 0. The van der Waals surface area contributed by atoms with Gasteiger partial charge < -0.3 is 24.8 Å². The Morgan fingerprint density at radius 2 is 1.70 bits per heavy atom. The SMILES string of the molecule is O=C1CCCOc2ccccc2CCCCC2(CCN(C(=O)c3cccn(CC(=O)NC4CCCCC4)c3=O)CC2)CN1. The fourth-order valence-electron chi connectivity index (χ4n) is 6.82. The molecule has 1 aromatic heterocycles. The van der Waals surface area contributed by atoms with Crippen molar-refractivity contribution in [2.75, 3.05) is 26.2 Å². The second-order valence-electron chi connectivity index (χ2n) is 12.6. The van der Waals surface area contributed by atoms with Crippen LogP contribution >= 0.6 is 0 Å². The number of piperidine rings is 1. The number of amides is 3. The highest BCUT2D eigenvalue weighted by molar-refractivity contribution is 5.94. The van der Waals surface area contributed by atoms with Gasteiger partial charge in [0.25, 0.3) is 11.5 Å². The van der Waals surface area contributed by atoms with Gasteiger partial charge in [0, 0.05) is 38.3 Å². The summed E-state index contributed by atoms with van der Waals surface area (Å²) in [5.74, 6) is 0.462. The highest BCUT2D eigenvalue weighted by atomic mass is 16.5. The van der Waals surface area contributed by atoms with E-state index in [1.165, 1.54) is 16.6 Å². The molecule has 1 saturated carbocycles. The molecule has 232 valence electrons. The summed E-state index contributed by atoms with van der Waals surface area (Å²) < 4.78 is 7.31. The highest BCUT2D eigenvalue weighted by Gasteiger charge is 2.36. The van der Waals surface area contributed by atoms with Gasteiger partial charge in [0.15, 0.2) is 0 Å². The fourth-order valence-corrected chi connectivity index (χ4v) is 6.82. The first kappa shape index (κ1) is 30.8. The first-order valence-electron chi connectivity index (χ1n) is 16.2. The molecule has 2 fully saturated rings. The number of nitrogens with one attached hydrogen (secondary N) is 2. The van der Waals surface area contributed by atoms with E-state index in [4.69, 9.17) is 4.74 Å². The third kappa shape index (κ3) is 8.27. The van der Waals surface area contributed by atoms with Crippen LogP contribution < -0.4 is 20.9 Å². The number of hydrogen-bond acceptors (Lipinski definition) is 5. The monoisotopic (exact) mass is 590 g/mol. The van der Waals surface area contributed by atoms with Gasteiger partial charge in [0.05, 0.1) is 6.61 Å². The van der Waals surface area contributed by atoms with E-state index < -0.39 is 5.56 Å². The number of nitrogens with zero attached hydrogens (tertiary/aromatic N) is 2. The quantitative estimate of drug-likeness (QED) is 0.554. The zero-order valence-corrected chi connectivity index (χ0v) is 25.3. The molecule has 9 heteroatoms. The molecule has 0 atom stereocenters. The van der Waals surface area contributed by atoms with Gasteiger partial charge in [-0.25, -0.2) is 0 Å². The molecule has 3 heterocycles. The topological polar surface area (TPSA) is 110 Å². The van der Waals surface area contributed by atoms with Crippen molar-refractivity contribution in [1.82, 2.24) is 20.1 Å². The molecule has 2 aliphatic heterocycles. The predicted octanol–water partition coefficient (Wildman–Crippen LogP) is 4.22. The largest absolute Gasteiger partial charge is 0.493 e. The summed E-state index contributed by atoms with van der Waals surface area (Å²) in [4.78, 5) is 53.8. The first-order chi connectivity index (χ1) is 20.9. The number of ether oxygens (including phenoxy) is 1. The van der Waals surface area contributed by atoms with E-state index in [1.54, 1.807) is 23.2 Å². The van der Waals surface area contributed by atoms with Crippen molar-refractivity contribution >= 4 is 17.7 Å². The van der Waals surface area contributed by atoms with Crippen molar-refractivity contribution in [3.63, 3.8) is 0 Å². The van der Waals surface area contributed by atoms with Gasteiger partial charge in [-0.1, -0.05) is 43.9 Å². The van der Waals surface area contributed by atoms with Crippen LogP contribution in [-0.4, -0.2) is 59.5 Å². The van der Waals surface area contributed by atoms with Crippen LogP contribution in [0.4, 0.5) is 0 Å². The van der Waals surface area contributed by atoms with Gasteiger partial charge in [-0.3, -0.25) is 19.2 Å². The lowest BCUT2D eigenvalue weighted by Gasteiger charge is -2.42. The van der Waals surface area contributed by atoms with Crippen LogP contribution in [0.2, 0.25) is 0 Å². The molecule has 1 aromatic carbocycles. The molecule has 0 unspecified atom stereocenters. The Bertz CT molecular complexity index is 1320. The number of fused-ring (bicyclic) bond motifs is 1. The van der Waals surface area contributed by atoms with Gasteiger partial charge in [0.1, 0.15) is 17.9 Å². The number of likely N-dealkylation sites (tertiary alicyclic amines) is 1. The van der Waals surface area contributed by atoms with E-state index in [-0.39, 0.29) is 41.3 Å². The maximum absolute atomic E-state index is 13.5. The van der Waals surface area contributed by atoms with E-state index in [2.05, 4.69) is 16.7 Å². The average Bonchev–Trinajstić information content (AvgIpc) is 3.02. The third-order valence-electron chi connectivity index (χ3n) is 9.49. The molecule has 5 rings (SSSR count). The highest BCUT2D eigenvalue weighted by Crippen LogP contribution is 2.37. The van der Waals surface area contributed by atoms with Crippen LogP contribution in [0.1, 0.15) is 93.0 Å². The minimum absolute atomic E-state index is 0.0317. The molecule has 1 aliphatic carbocycles. The Morgan fingerprint density at radius 3 is 2.51 bits per heavy atom. The molecule has 43 heavy (non-hydrogen) atoms. The minimum Gasteiger partial charge on any atom is -0.493 e. The molecule has 1 saturated heterocycles. The van der Waals surface area contributed by atoms with Crippen LogP contribution in [0.5, 0.6) is 5.75 Å². The van der Waals surface area contributed by atoms with Crippen molar-refractivity contribution in [2.45, 2.75) is 96.1 Å². The van der Waals surface area contributed by atoms with Crippen LogP contribution in [0.15, 0.2) is 47.4 Å². The van der Waals surface area contributed by atoms with Gasteiger partial charge >= 0.3 is 0 Å². The predicted molar refractivity (Wildman–Crippen MR) is 165 cm³/mol. The zero-order chi connectivity index (χ0) is 30.1. The first-order valence-corrected chi connectivity index (χ1v) is 16.2.